The predicted molar refractivity (Wildman–Crippen MR) is 120 cm³/mol. The second kappa shape index (κ2) is 9.42. The van der Waals surface area contributed by atoms with Gasteiger partial charge in [0.15, 0.2) is 0 Å². The third-order valence-electron chi connectivity index (χ3n) is 6.23. The first kappa shape index (κ1) is 19.9. The van der Waals surface area contributed by atoms with Gasteiger partial charge in [0.2, 0.25) is 5.91 Å². The Bertz CT molecular complexity index is 812. The Morgan fingerprint density at radius 2 is 1.79 bits per heavy atom. The van der Waals surface area contributed by atoms with Gasteiger partial charge in [-0.2, -0.15) is 0 Å². The number of anilines is 3. The summed E-state index contributed by atoms with van der Waals surface area (Å²) in [6.07, 6.45) is 4.71. The first-order valence-corrected chi connectivity index (χ1v) is 10.9. The van der Waals surface area contributed by atoms with E-state index in [1.807, 2.05) is 19.2 Å². The molecule has 0 spiro atoms. The quantitative estimate of drug-likeness (QED) is 0.755. The van der Waals surface area contributed by atoms with Crippen LogP contribution in [0, 0.1) is 5.92 Å². The van der Waals surface area contributed by atoms with Crippen LogP contribution in [0.2, 0.25) is 0 Å². The van der Waals surface area contributed by atoms with Crippen LogP contribution < -0.4 is 15.5 Å². The lowest BCUT2D eigenvalue weighted by atomic mass is 9.93. The number of carbonyl (C=O) groups excluding carboxylic acids is 1. The van der Waals surface area contributed by atoms with Gasteiger partial charge >= 0.3 is 0 Å². The van der Waals surface area contributed by atoms with Gasteiger partial charge in [-0.05, 0) is 94.2 Å². The first-order valence-electron chi connectivity index (χ1n) is 10.9. The van der Waals surface area contributed by atoms with Gasteiger partial charge in [-0.25, -0.2) is 0 Å². The normalized spacial score (nSPS) is 17.3. The van der Waals surface area contributed by atoms with Crippen molar-refractivity contribution < 1.29 is 4.79 Å². The SMILES string of the molecule is CNCCC1CCN(CC(=O)Nc2ccc(N3CCc4ccccc43)cc2)CC1. The number of rotatable bonds is 7. The topological polar surface area (TPSA) is 47.6 Å². The molecule has 154 valence electrons. The largest absolute Gasteiger partial charge is 0.341 e. The summed E-state index contributed by atoms with van der Waals surface area (Å²) >= 11 is 0. The molecule has 0 atom stereocenters. The molecule has 0 aromatic heterocycles. The van der Waals surface area contributed by atoms with Gasteiger partial charge in [0.1, 0.15) is 0 Å². The summed E-state index contributed by atoms with van der Waals surface area (Å²) in [5.74, 6) is 0.878. The summed E-state index contributed by atoms with van der Waals surface area (Å²) in [7, 11) is 2.01. The zero-order valence-corrected chi connectivity index (χ0v) is 17.4. The van der Waals surface area contributed by atoms with Crippen molar-refractivity contribution in [1.82, 2.24) is 10.2 Å². The lowest BCUT2D eigenvalue weighted by Gasteiger charge is -2.31. The molecule has 0 aliphatic carbocycles. The predicted octanol–water partition coefficient (Wildman–Crippen LogP) is 3.64. The van der Waals surface area contributed by atoms with Crippen LogP contribution in [-0.2, 0) is 11.2 Å². The summed E-state index contributed by atoms with van der Waals surface area (Å²) < 4.78 is 0. The number of nitrogens with one attached hydrogen (secondary N) is 2. The smallest absolute Gasteiger partial charge is 0.238 e. The van der Waals surface area contributed by atoms with Crippen LogP contribution in [0.3, 0.4) is 0 Å². The highest BCUT2D eigenvalue weighted by atomic mass is 16.2. The minimum Gasteiger partial charge on any atom is -0.341 e. The fourth-order valence-electron chi connectivity index (χ4n) is 4.52. The van der Waals surface area contributed by atoms with Gasteiger partial charge in [0, 0.05) is 23.6 Å². The molecule has 0 bridgehead atoms. The molecule has 29 heavy (non-hydrogen) atoms. The van der Waals surface area contributed by atoms with E-state index < -0.39 is 0 Å². The third-order valence-corrected chi connectivity index (χ3v) is 6.23. The zero-order chi connectivity index (χ0) is 20.1. The van der Waals surface area contributed by atoms with Crippen LogP contribution in [-0.4, -0.2) is 50.6 Å². The number of hydrogen-bond acceptors (Lipinski definition) is 4. The van der Waals surface area contributed by atoms with E-state index in [4.69, 9.17) is 0 Å². The van der Waals surface area contributed by atoms with Crippen molar-refractivity contribution >= 4 is 23.0 Å². The average Bonchev–Trinajstić information content (AvgIpc) is 3.18. The Labute approximate surface area is 174 Å². The van der Waals surface area contributed by atoms with Gasteiger partial charge in [-0.3, -0.25) is 9.69 Å². The van der Waals surface area contributed by atoms with Crippen LogP contribution in [0.1, 0.15) is 24.8 Å². The molecule has 0 radical (unpaired) electrons. The molecule has 2 aliphatic heterocycles. The minimum absolute atomic E-state index is 0.0814. The first-order chi connectivity index (χ1) is 14.2. The second-order valence-corrected chi connectivity index (χ2v) is 8.24. The van der Waals surface area contributed by atoms with E-state index in [-0.39, 0.29) is 5.91 Å². The van der Waals surface area contributed by atoms with E-state index in [0.717, 1.165) is 44.2 Å². The number of carbonyl (C=O) groups is 1. The molecule has 0 saturated carbocycles. The highest BCUT2D eigenvalue weighted by Crippen LogP contribution is 2.34. The third kappa shape index (κ3) is 4.98. The molecule has 2 N–H and O–H groups in total. The molecule has 2 aromatic rings. The summed E-state index contributed by atoms with van der Waals surface area (Å²) in [6, 6.07) is 16.8. The van der Waals surface area contributed by atoms with Gasteiger partial charge in [0.25, 0.3) is 0 Å². The maximum Gasteiger partial charge on any atom is 0.238 e. The van der Waals surface area contributed by atoms with E-state index in [0.29, 0.717) is 6.54 Å². The van der Waals surface area contributed by atoms with Gasteiger partial charge in [-0.15, -0.1) is 0 Å². The van der Waals surface area contributed by atoms with Crippen LogP contribution in [0.5, 0.6) is 0 Å². The summed E-state index contributed by atoms with van der Waals surface area (Å²) in [6.45, 7) is 4.63. The Morgan fingerprint density at radius 3 is 2.55 bits per heavy atom. The Morgan fingerprint density at radius 1 is 1.03 bits per heavy atom. The number of amides is 1. The molecule has 1 amide bonds. The maximum atomic E-state index is 12.5. The molecule has 2 heterocycles. The number of likely N-dealkylation sites (tertiary alicyclic amines) is 1. The Balaban J connectivity index is 1.27. The molecule has 0 unspecified atom stereocenters. The summed E-state index contributed by atoms with van der Waals surface area (Å²) in [5, 5.41) is 6.29. The molecule has 4 rings (SSSR count). The van der Waals surface area contributed by atoms with Crippen molar-refractivity contribution in [2.75, 3.05) is 50.0 Å². The van der Waals surface area contributed by atoms with E-state index in [1.165, 1.54) is 36.2 Å². The molecule has 1 saturated heterocycles. The molecule has 5 nitrogen and oxygen atoms in total. The number of para-hydroxylation sites is 1. The molecule has 5 heteroatoms. The van der Waals surface area contributed by atoms with Crippen LogP contribution in [0.25, 0.3) is 0 Å². The van der Waals surface area contributed by atoms with Crippen molar-refractivity contribution in [3.8, 4) is 0 Å². The highest BCUT2D eigenvalue weighted by Gasteiger charge is 2.21. The number of benzene rings is 2. The average molecular weight is 393 g/mol. The van der Waals surface area contributed by atoms with Crippen molar-refractivity contribution in [2.45, 2.75) is 25.7 Å². The number of nitrogens with zero attached hydrogens (tertiary/aromatic N) is 2. The molecule has 2 aromatic carbocycles. The highest BCUT2D eigenvalue weighted by molar-refractivity contribution is 5.92. The lowest BCUT2D eigenvalue weighted by molar-refractivity contribution is -0.117. The van der Waals surface area contributed by atoms with E-state index in [1.54, 1.807) is 0 Å². The van der Waals surface area contributed by atoms with Crippen molar-refractivity contribution in [3.05, 3.63) is 54.1 Å². The van der Waals surface area contributed by atoms with Crippen LogP contribution in [0.15, 0.2) is 48.5 Å². The molecule has 2 aliphatic rings. The van der Waals surface area contributed by atoms with Crippen molar-refractivity contribution in [2.24, 2.45) is 5.92 Å². The van der Waals surface area contributed by atoms with Gasteiger partial charge < -0.3 is 15.5 Å². The fraction of sp³-hybridized carbons (Fsp3) is 0.458. The summed E-state index contributed by atoms with van der Waals surface area (Å²) in [4.78, 5) is 17.1. The Kier molecular flexibility index (Phi) is 6.47. The van der Waals surface area contributed by atoms with E-state index in [9.17, 15) is 4.79 Å². The second-order valence-electron chi connectivity index (χ2n) is 8.24. The van der Waals surface area contributed by atoms with Gasteiger partial charge in [-0.1, -0.05) is 18.2 Å². The number of piperidine rings is 1. The van der Waals surface area contributed by atoms with E-state index >= 15 is 0 Å². The Hall–Kier alpha value is -2.37. The monoisotopic (exact) mass is 392 g/mol. The minimum atomic E-state index is 0.0814. The van der Waals surface area contributed by atoms with E-state index in [2.05, 4.69) is 56.8 Å². The lowest BCUT2D eigenvalue weighted by Crippen LogP contribution is -2.39. The summed E-state index contributed by atoms with van der Waals surface area (Å²) in [5.41, 5.74) is 4.74. The number of fused-ring (bicyclic) bond motifs is 1. The standard InChI is InChI=1S/C24H32N4O/c1-25-14-10-19-11-15-27(16-12-19)18-24(29)26-21-6-8-22(9-7-21)28-17-13-20-4-2-3-5-23(20)28/h2-9,19,25H,10-18H2,1H3,(H,26,29). The van der Waals surface area contributed by atoms with Crippen LogP contribution >= 0.6 is 0 Å². The fourth-order valence-corrected chi connectivity index (χ4v) is 4.52. The number of hydrogen-bond donors (Lipinski definition) is 2. The van der Waals surface area contributed by atoms with Gasteiger partial charge in [0.05, 0.1) is 6.54 Å². The zero-order valence-electron chi connectivity index (χ0n) is 17.4. The molecule has 1 fully saturated rings. The molecular weight excluding hydrogens is 360 g/mol. The maximum absolute atomic E-state index is 12.5. The van der Waals surface area contributed by atoms with Crippen molar-refractivity contribution in [3.63, 3.8) is 0 Å². The van der Waals surface area contributed by atoms with Crippen LogP contribution in [0.4, 0.5) is 17.1 Å². The van der Waals surface area contributed by atoms with Crippen molar-refractivity contribution in [1.29, 1.82) is 0 Å². The molecular formula is C24H32N4O.